The molecule has 0 saturated heterocycles. The van der Waals surface area contributed by atoms with Crippen molar-refractivity contribution in [1.29, 1.82) is 0 Å². The number of aromatic nitrogens is 1. The van der Waals surface area contributed by atoms with E-state index in [1.807, 2.05) is 24.3 Å². The molecule has 0 aliphatic heterocycles. The van der Waals surface area contributed by atoms with Gasteiger partial charge >= 0.3 is 0 Å². The molecule has 1 N–H and O–H groups in total. The van der Waals surface area contributed by atoms with Gasteiger partial charge in [0, 0.05) is 25.5 Å². The molecule has 0 amide bonds. The van der Waals surface area contributed by atoms with Crippen LogP contribution >= 0.6 is 0 Å². The molecule has 118 valence electrons. The summed E-state index contributed by atoms with van der Waals surface area (Å²) < 4.78 is 33.1. The van der Waals surface area contributed by atoms with Crippen LogP contribution < -0.4 is 5.32 Å². The summed E-state index contributed by atoms with van der Waals surface area (Å²) in [4.78, 5) is 3.93. The molecule has 3 aromatic rings. The molecular formula is C18H16F2N2O. The summed E-state index contributed by atoms with van der Waals surface area (Å²) >= 11 is 0. The Morgan fingerprint density at radius 3 is 2.52 bits per heavy atom. The van der Waals surface area contributed by atoms with Gasteiger partial charge in [-0.1, -0.05) is 24.3 Å². The number of anilines is 1. The van der Waals surface area contributed by atoms with Crippen LogP contribution in [0.1, 0.15) is 11.1 Å². The standard InChI is InChI=1S/C18H16F2N2O/c1-23-11-13-5-3-2-4-12(13)10-22-16-8-9-21-18-15(20)7-6-14(19)17(16)18/h2-9H,10-11H2,1H3,(H,21,22). The molecule has 0 radical (unpaired) electrons. The normalized spacial score (nSPS) is 10.9. The van der Waals surface area contributed by atoms with Crippen molar-refractivity contribution in [3.63, 3.8) is 0 Å². The lowest BCUT2D eigenvalue weighted by molar-refractivity contribution is 0.184. The van der Waals surface area contributed by atoms with E-state index < -0.39 is 11.6 Å². The Morgan fingerprint density at radius 1 is 1.00 bits per heavy atom. The maximum absolute atomic E-state index is 14.1. The number of ether oxygens (including phenoxy) is 1. The fraction of sp³-hybridized carbons (Fsp3) is 0.167. The van der Waals surface area contributed by atoms with E-state index in [1.165, 1.54) is 6.20 Å². The summed E-state index contributed by atoms with van der Waals surface area (Å²) in [6.07, 6.45) is 1.47. The highest BCUT2D eigenvalue weighted by molar-refractivity contribution is 5.91. The van der Waals surface area contributed by atoms with Crippen LogP contribution in [0.15, 0.2) is 48.7 Å². The third-order valence-corrected chi connectivity index (χ3v) is 3.68. The molecule has 0 aliphatic rings. The van der Waals surface area contributed by atoms with Crippen molar-refractivity contribution in [3.8, 4) is 0 Å². The van der Waals surface area contributed by atoms with Gasteiger partial charge in [-0.25, -0.2) is 8.78 Å². The first kappa shape index (κ1) is 15.4. The minimum atomic E-state index is -0.537. The fourth-order valence-electron chi connectivity index (χ4n) is 2.56. The van der Waals surface area contributed by atoms with Crippen molar-refractivity contribution in [2.24, 2.45) is 0 Å². The highest BCUT2D eigenvalue weighted by atomic mass is 19.1. The van der Waals surface area contributed by atoms with Gasteiger partial charge in [0.15, 0.2) is 0 Å². The van der Waals surface area contributed by atoms with Gasteiger partial charge in [0.2, 0.25) is 0 Å². The van der Waals surface area contributed by atoms with Gasteiger partial charge in [-0.05, 0) is 29.3 Å². The van der Waals surface area contributed by atoms with Gasteiger partial charge < -0.3 is 10.1 Å². The largest absolute Gasteiger partial charge is 0.380 e. The summed E-state index contributed by atoms with van der Waals surface area (Å²) in [5.74, 6) is -1.04. The van der Waals surface area contributed by atoms with Crippen molar-refractivity contribution in [2.45, 2.75) is 13.2 Å². The summed E-state index contributed by atoms with van der Waals surface area (Å²) in [7, 11) is 1.64. The summed E-state index contributed by atoms with van der Waals surface area (Å²) in [6.45, 7) is 0.979. The van der Waals surface area contributed by atoms with Crippen LogP contribution in [-0.2, 0) is 17.9 Å². The Balaban J connectivity index is 1.93. The van der Waals surface area contributed by atoms with E-state index in [-0.39, 0.29) is 10.9 Å². The summed E-state index contributed by atoms with van der Waals surface area (Å²) in [6, 6.07) is 11.7. The van der Waals surface area contributed by atoms with Gasteiger partial charge in [-0.3, -0.25) is 4.98 Å². The summed E-state index contributed by atoms with van der Waals surface area (Å²) in [5, 5.41) is 3.33. The molecule has 3 nitrogen and oxygen atoms in total. The Bertz CT molecular complexity index is 836. The Labute approximate surface area is 132 Å². The molecule has 0 atom stereocenters. The van der Waals surface area contributed by atoms with Crippen molar-refractivity contribution >= 4 is 16.6 Å². The topological polar surface area (TPSA) is 34.1 Å². The molecule has 3 rings (SSSR count). The number of pyridine rings is 1. The molecule has 0 spiro atoms. The predicted molar refractivity (Wildman–Crippen MR) is 86.1 cm³/mol. The van der Waals surface area contributed by atoms with Crippen LogP contribution in [0, 0.1) is 11.6 Å². The molecular weight excluding hydrogens is 298 g/mol. The van der Waals surface area contributed by atoms with Crippen LogP contribution in [0.5, 0.6) is 0 Å². The third kappa shape index (κ3) is 3.14. The van der Waals surface area contributed by atoms with Gasteiger partial charge in [-0.15, -0.1) is 0 Å². The van der Waals surface area contributed by atoms with Crippen LogP contribution in [-0.4, -0.2) is 12.1 Å². The lowest BCUT2D eigenvalue weighted by atomic mass is 10.1. The number of halogens is 2. The number of rotatable bonds is 5. The second-order valence-electron chi connectivity index (χ2n) is 5.17. The number of nitrogens with one attached hydrogen (secondary N) is 1. The van der Waals surface area contributed by atoms with E-state index in [9.17, 15) is 8.78 Å². The van der Waals surface area contributed by atoms with E-state index in [4.69, 9.17) is 4.74 Å². The predicted octanol–water partition coefficient (Wildman–Crippen LogP) is 4.27. The van der Waals surface area contributed by atoms with Gasteiger partial charge in [0.1, 0.15) is 17.2 Å². The van der Waals surface area contributed by atoms with Crippen molar-refractivity contribution in [1.82, 2.24) is 4.98 Å². The molecule has 2 aromatic carbocycles. The third-order valence-electron chi connectivity index (χ3n) is 3.68. The molecule has 0 unspecified atom stereocenters. The maximum atomic E-state index is 14.1. The highest BCUT2D eigenvalue weighted by Crippen LogP contribution is 2.27. The average molecular weight is 314 g/mol. The lowest BCUT2D eigenvalue weighted by Crippen LogP contribution is -2.05. The first-order valence-corrected chi connectivity index (χ1v) is 7.23. The number of benzene rings is 2. The molecule has 1 aromatic heterocycles. The zero-order valence-corrected chi connectivity index (χ0v) is 12.6. The fourth-order valence-corrected chi connectivity index (χ4v) is 2.56. The van der Waals surface area contributed by atoms with Crippen LogP contribution in [0.2, 0.25) is 0 Å². The van der Waals surface area contributed by atoms with Crippen molar-refractivity contribution < 1.29 is 13.5 Å². The second-order valence-corrected chi connectivity index (χ2v) is 5.17. The SMILES string of the molecule is COCc1ccccc1CNc1ccnc2c(F)ccc(F)c12. The van der Waals surface area contributed by atoms with E-state index in [2.05, 4.69) is 10.3 Å². The Kier molecular flexibility index (Phi) is 4.48. The van der Waals surface area contributed by atoms with E-state index >= 15 is 0 Å². The monoisotopic (exact) mass is 314 g/mol. The zero-order valence-electron chi connectivity index (χ0n) is 12.6. The quantitative estimate of drug-likeness (QED) is 0.763. The number of fused-ring (bicyclic) bond motifs is 1. The molecule has 23 heavy (non-hydrogen) atoms. The first-order valence-electron chi connectivity index (χ1n) is 7.23. The molecule has 1 heterocycles. The van der Waals surface area contributed by atoms with Crippen molar-refractivity contribution in [3.05, 3.63) is 71.4 Å². The Morgan fingerprint density at radius 2 is 1.74 bits per heavy atom. The minimum Gasteiger partial charge on any atom is -0.380 e. The molecule has 0 bridgehead atoms. The number of hydrogen-bond donors (Lipinski definition) is 1. The maximum Gasteiger partial charge on any atom is 0.149 e. The van der Waals surface area contributed by atoms with Crippen LogP contribution in [0.3, 0.4) is 0 Å². The van der Waals surface area contributed by atoms with Crippen LogP contribution in [0.25, 0.3) is 10.9 Å². The van der Waals surface area contributed by atoms with Crippen molar-refractivity contribution in [2.75, 3.05) is 12.4 Å². The highest BCUT2D eigenvalue weighted by Gasteiger charge is 2.11. The average Bonchev–Trinajstić information content (AvgIpc) is 2.57. The van der Waals surface area contributed by atoms with Gasteiger partial charge in [-0.2, -0.15) is 0 Å². The number of nitrogens with zero attached hydrogens (tertiary/aromatic N) is 1. The molecule has 0 saturated carbocycles. The molecule has 5 heteroatoms. The van der Waals surface area contributed by atoms with Gasteiger partial charge in [0.05, 0.1) is 12.0 Å². The molecule has 0 aliphatic carbocycles. The second kappa shape index (κ2) is 6.71. The smallest absolute Gasteiger partial charge is 0.149 e. The minimum absolute atomic E-state index is 0.0279. The van der Waals surface area contributed by atoms with E-state index in [0.717, 1.165) is 23.3 Å². The van der Waals surface area contributed by atoms with E-state index in [1.54, 1.807) is 13.2 Å². The van der Waals surface area contributed by atoms with E-state index in [0.29, 0.717) is 18.8 Å². The zero-order chi connectivity index (χ0) is 16.2. The van der Waals surface area contributed by atoms with Gasteiger partial charge in [0.25, 0.3) is 0 Å². The first-order chi connectivity index (χ1) is 11.2. The lowest BCUT2D eigenvalue weighted by Gasteiger charge is -2.13. The van der Waals surface area contributed by atoms with Crippen LogP contribution in [0.4, 0.5) is 14.5 Å². The molecule has 0 fully saturated rings. The Hall–Kier alpha value is -2.53. The summed E-state index contributed by atoms with van der Waals surface area (Å²) in [5.41, 5.74) is 2.63. The number of methoxy groups -OCH3 is 1. The number of hydrogen-bond acceptors (Lipinski definition) is 3.